The Morgan fingerprint density at radius 1 is 1.12 bits per heavy atom. The Kier molecular flexibility index (Phi) is 10.4. The topological polar surface area (TPSA) is 44.4 Å². The number of carbonyl (C=O) groups excluding carboxylic acids is 1. The summed E-state index contributed by atoms with van der Waals surface area (Å²) in [5.74, 6) is 0.824. The van der Waals surface area contributed by atoms with Gasteiger partial charge in [-0.25, -0.2) is 0 Å². The van der Waals surface area contributed by atoms with Gasteiger partial charge in [-0.05, 0) is 56.8 Å². The third kappa shape index (κ3) is 6.78. The van der Waals surface area contributed by atoms with E-state index in [2.05, 4.69) is 39.8 Å². The first-order valence-corrected chi connectivity index (χ1v) is 9.09. The highest BCUT2D eigenvalue weighted by Crippen LogP contribution is 2.20. The van der Waals surface area contributed by atoms with E-state index in [1.165, 1.54) is 24.8 Å². The third-order valence-corrected chi connectivity index (χ3v) is 5.11. The van der Waals surface area contributed by atoms with Crippen LogP contribution in [0.15, 0.2) is 30.3 Å². The number of halogens is 2. The summed E-state index contributed by atoms with van der Waals surface area (Å²) in [4.78, 5) is 15.0. The molecule has 142 valence electrons. The van der Waals surface area contributed by atoms with Crippen LogP contribution in [0.2, 0.25) is 0 Å². The second kappa shape index (κ2) is 11.7. The molecular weight excluding hydrogens is 357 g/mol. The fraction of sp³-hybridized carbons (Fsp3) is 0.632. The van der Waals surface area contributed by atoms with Crippen molar-refractivity contribution in [2.24, 2.45) is 5.92 Å². The van der Waals surface area contributed by atoms with Crippen molar-refractivity contribution in [3.05, 3.63) is 35.9 Å². The van der Waals surface area contributed by atoms with E-state index in [0.717, 1.165) is 45.6 Å². The number of nitrogens with one attached hydrogen (secondary N) is 2. The van der Waals surface area contributed by atoms with Gasteiger partial charge in [0.15, 0.2) is 0 Å². The minimum Gasteiger partial charge on any atom is -0.354 e. The fourth-order valence-electron chi connectivity index (χ4n) is 3.76. The predicted molar refractivity (Wildman–Crippen MR) is 108 cm³/mol. The maximum atomic E-state index is 12.7. The zero-order chi connectivity index (χ0) is 15.9. The Morgan fingerprint density at radius 3 is 2.64 bits per heavy atom. The van der Waals surface area contributed by atoms with Crippen molar-refractivity contribution >= 4 is 30.7 Å². The van der Waals surface area contributed by atoms with Crippen molar-refractivity contribution in [2.75, 3.05) is 26.2 Å². The molecule has 1 aromatic carbocycles. The van der Waals surface area contributed by atoms with Crippen molar-refractivity contribution in [3.63, 3.8) is 0 Å². The number of nitrogens with zero attached hydrogens (tertiary/aromatic N) is 1. The van der Waals surface area contributed by atoms with Gasteiger partial charge in [0.05, 0.1) is 6.04 Å². The number of hydrogen-bond acceptors (Lipinski definition) is 3. The second-order valence-corrected chi connectivity index (χ2v) is 6.93. The molecule has 0 spiro atoms. The molecule has 1 amide bonds. The summed E-state index contributed by atoms with van der Waals surface area (Å²) in [6.07, 6.45) is 5.80. The molecule has 0 aromatic heterocycles. The molecule has 0 radical (unpaired) electrons. The van der Waals surface area contributed by atoms with Crippen LogP contribution in [0.5, 0.6) is 0 Å². The first-order valence-electron chi connectivity index (χ1n) is 9.09. The van der Waals surface area contributed by atoms with Gasteiger partial charge in [0.2, 0.25) is 5.91 Å². The van der Waals surface area contributed by atoms with Crippen molar-refractivity contribution < 1.29 is 4.79 Å². The molecule has 1 aromatic rings. The van der Waals surface area contributed by atoms with Crippen LogP contribution in [-0.4, -0.2) is 43.0 Å². The van der Waals surface area contributed by atoms with Gasteiger partial charge in [-0.3, -0.25) is 9.69 Å². The summed E-state index contributed by atoms with van der Waals surface area (Å²) in [6.45, 7) is 4.89. The van der Waals surface area contributed by atoms with Gasteiger partial charge >= 0.3 is 0 Å². The van der Waals surface area contributed by atoms with Gasteiger partial charge in [-0.2, -0.15) is 0 Å². The van der Waals surface area contributed by atoms with E-state index in [1.807, 2.05) is 6.07 Å². The van der Waals surface area contributed by atoms with Gasteiger partial charge in [0.1, 0.15) is 0 Å². The molecule has 6 heteroatoms. The zero-order valence-corrected chi connectivity index (χ0v) is 16.4. The first kappa shape index (κ1) is 22.2. The molecule has 0 saturated carbocycles. The largest absolute Gasteiger partial charge is 0.354 e. The molecule has 2 N–H and O–H groups in total. The van der Waals surface area contributed by atoms with Crippen LogP contribution in [0.4, 0.5) is 0 Å². The normalized spacial score (nSPS) is 23.8. The van der Waals surface area contributed by atoms with Crippen LogP contribution in [0.1, 0.15) is 37.7 Å². The van der Waals surface area contributed by atoms with Crippen LogP contribution in [0, 0.1) is 5.92 Å². The lowest BCUT2D eigenvalue weighted by atomic mass is 9.98. The van der Waals surface area contributed by atoms with E-state index >= 15 is 0 Å². The lowest BCUT2D eigenvalue weighted by Crippen LogP contribution is -2.50. The van der Waals surface area contributed by atoms with Crippen molar-refractivity contribution in [2.45, 2.75) is 44.7 Å². The molecular formula is C19H31Cl2N3O. The Hall–Kier alpha value is -0.810. The summed E-state index contributed by atoms with van der Waals surface area (Å²) in [7, 11) is 0. The van der Waals surface area contributed by atoms with E-state index in [0.29, 0.717) is 5.92 Å². The second-order valence-electron chi connectivity index (χ2n) is 6.93. The van der Waals surface area contributed by atoms with Gasteiger partial charge < -0.3 is 10.6 Å². The summed E-state index contributed by atoms with van der Waals surface area (Å²) >= 11 is 0. The van der Waals surface area contributed by atoms with Gasteiger partial charge in [0.25, 0.3) is 0 Å². The number of benzene rings is 1. The molecule has 2 atom stereocenters. The quantitative estimate of drug-likeness (QED) is 0.815. The molecule has 0 bridgehead atoms. The molecule has 2 aliphatic heterocycles. The number of hydrogen-bond donors (Lipinski definition) is 2. The Bertz CT molecular complexity index is 495. The molecule has 2 heterocycles. The monoisotopic (exact) mass is 387 g/mol. The summed E-state index contributed by atoms with van der Waals surface area (Å²) in [5, 5.41) is 6.64. The summed E-state index contributed by atoms with van der Waals surface area (Å²) < 4.78 is 0. The van der Waals surface area contributed by atoms with E-state index in [9.17, 15) is 4.79 Å². The molecule has 2 unspecified atom stereocenters. The lowest BCUT2D eigenvalue weighted by molar-refractivity contribution is -0.128. The first-order chi connectivity index (χ1) is 11.3. The van der Waals surface area contributed by atoms with Crippen LogP contribution < -0.4 is 10.6 Å². The lowest BCUT2D eigenvalue weighted by Gasteiger charge is -2.35. The highest BCUT2D eigenvalue weighted by Gasteiger charge is 2.29. The number of likely N-dealkylation sites (tertiary alicyclic amines) is 1. The van der Waals surface area contributed by atoms with Crippen molar-refractivity contribution in [3.8, 4) is 0 Å². The standard InChI is InChI=1S/C19H29N3O.2ClH/c23-19(21-14-17-9-6-11-20-13-17)18-10-4-5-12-22(18)15-16-7-2-1-3-8-16;;/h1-3,7-8,17-18,20H,4-6,9-15H2,(H,21,23);2*1H. The number of carbonyl (C=O) groups is 1. The van der Waals surface area contributed by atoms with Crippen molar-refractivity contribution in [1.29, 1.82) is 0 Å². The molecule has 25 heavy (non-hydrogen) atoms. The van der Waals surface area contributed by atoms with E-state index < -0.39 is 0 Å². The minimum absolute atomic E-state index is 0. The average Bonchev–Trinajstić information content (AvgIpc) is 2.62. The highest BCUT2D eigenvalue weighted by molar-refractivity contribution is 5.85. The van der Waals surface area contributed by atoms with Crippen LogP contribution in [0.25, 0.3) is 0 Å². The van der Waals surface area contributed by atoms with E-state index in [-0.39, 0.29) is 36.8 Å². The average molecular weight is 388 g/mol. The van der Waals surface area contributed by atoms with E-state index in [4.69, 9.17) is 0 Å². The Morgan fingerprint density at radius 2 is 1.92 bits per heavy atom. The maximum Gasteiger partial charge on any atom is 0.237 e. The fourth-order valence-corrected chi connectivity index (χ4v) is 3.76. The molecule has 2 aliphatic rings. The maximum absolute atomic E-state index is 12.7. The zero-order valence-electron chi connectivity index (χ0n) is 14.8. The van der Waals surface area contributed by atoms with Crippen molar-refractivity contribution in [1.82, 2.24) is 15.5 Å². The minimum atomic E-state index is 0. The third-order valence-electron chi connectivity index (χ3n) is 5.11. The Balaban J connectivity index is 0.00000156. The van der Waals surface area contributed by atoms with Gasteiger partial charge in [-0.1, -0.05) is 36.8 Å². The number of amides is 1. The van der Waals surface area contributed by atoms with E-state index in [1.54, 1.807) is 0 Å². The Labute approximate surface area is 163 Å². The molecule has 0 aliphatic carbocycles. The van der Waals surface area contributed by atoms with Gasteiger partial charge in [-0.15, -0.1) is 24.8 Å². The van der Waals surface area contributed by atoms with Crippen LogP contribution in [-0.2, 0) is 11.3 Å². The number of piperidine rings is 2. The summed E-state index contributed by atoms with van der Waals surface area (Å²) in [5.41, 5.74) is 1.30. The molecule has 2 fully saturated rings. The molecule has 4 nitrogen and oxygen atoms in total. The summed E-state index contributed by atoms with van der Waals surface area (Å²) in [6, 6.07) is 10.5. The van der Waals surface area contributed by atoms with Gasteiger partial charge in [0, 0.05) is 13.1 Å². The van der Waals surface area contributed by atoms with Crippen LogP contribution in [0.3, 0.4) is 0 Å². The smallest absolute Gasteiger partial charge is 0.237 e. The number of rotatable bonds is 5. The van der Waals surface area contributed by atoms with Crippen LogP contribution >= 0.6 is 24.8 Å². The SMILES string of the molecule is Cl.Cl.O=C(NCC1CCCNC1)C1CCCCN1Cc1ccccc1. The predicted octanol–water partition coefficient (Wildman–Crippen LogP) is 3.00. The highest BCUT2D eigenvalue weighted by atomic mass is 35.5. The molecule has 3 rings (SSSR count). The molecule has 2 saturated heterocycles.